The minimum absolute atomic E-state index is 0.0421. The zero-order valence-electron chi connectivity index (χ0n) is 14.9. The highest BCUT2D eigenvalue weighted by Crippen LogP contribution is 2.26. The highest BCUT2D eigenvalue weighted by atomic mass is 32.2. The molecule has 0 radical (unpaired) electrons. The first-order valence-corrected chi connectivity index (χ1v) is 9.26. The Morgan fingerprint density at radius 3 is 2.69 bits per heavy atom. The number of fused-ring (bicyclic) bond motifs is 1. The molecule has 3 rings (SSSR count). The van der Waals surface area contributed by atoms with Gasteiger partial charge in [0.2, 0.25) is 5.91 Å². The molecule has 26 heavy (non-hydrogen) atoms. The molecule has 1 amide bonds. The Morgan fingerprint density at radius 1 is 1.27 bits per heavy atom. The highest BCUT2D eigenvalue weighted by Gasteiger charge is 2.19. The smallest absolute Gasteiger partial charge is 0.230 e. The van der Waals surface area contributed by atoms with Crippen LogP contribution in [0.1, 0.15) is 27.2 Å². The molecule has 8 heteroatoms. The van der Waals surface area contributed by atoms with Crippen LogP contribution in [0.15, 0.2) is 41.8 Å². The lowest BCUT2D eigenvalue weighted by Gasteiger charge is -2.24. The molecule has 0 bridgehead atoms. The Hall–Kier alpha value is -2.48. The van der Waals surface area contributed by atoms with E-state index in [4.69, 9.17) is 0 Å². The van der Waals surface area contributed by atoms with Crippen molar-refractivity contribution in [1.29, 1.82) is 0 Å². The fourth-order valence-electron chi connectivity index (χ4n) is 2.34. The number of carbonyl (C=O) groups excluding carboxylic acids is 1. The number of aromatic nitrogens is 4. The number of hydrogen-bond acceptors (Lipinski definition) is 5. The molecule has 0 fully saturated rings. The van der Waals surface area contributed by atoms with Crippen molar-refractivity contribution in [2.75, 3.05) is 5.75 Å². The monoisotopic (exact) mass is 373 g/mol. The van der Waals surface area contributed by atoms with Crippen LogP contribution < -0.4 is 5.32 Å². The third kappa shape index (κ3) is 4.01. The predicted molar refractivity (Wildman–Crippen MR) is 99.9 cm³/mol. The lowest BCUT2D eigenvalue weighted by Crippen LogP contribution is -2.43. The van der Waals surface area contributed by atoms with Crippen LogP contribution in [0.3, 0.4) is 0 Å². The number of hydrogen-bond donors (Lipinski definition) is 1. The Bertz CT molecular complexity index is 923. The average Bonchev–Trinajstić information content (AvgIpc) is 3.05. The van der Waals surface area contributed by atoms with E-state index in [1.807, 2.05) is 20.8 Å². The molecule has 0 saturated heterocycles. The van der Waals surface area contributed by atoms with Crippen LogP contribution in [0.5, 0.6) is 0 Å². The quantitative estimate of drug-likeness (QED) is 0.530. The summed E-state index contributed by atoms with van der Waals surface area (Å²) in [7, 11) is 0. The van der Waals surface area contributed by atoms with E-state index in [2.05, 4.69) is 20.4 Å². The van der Waals surface area contributed by atoms with Crippen molar-refractivity contribution in [2.24, 2.45) is 0 Å². The van der Waals surface area contributed by atoms with Crippen LogP contribution >= 0.6 is 11.8 Å². The van der Waals surface area contributed by atoms with E-state index < -0.39 is 0 Å². The third-order valence-corrected chi connectivity index (χ3v) is 5.11. The largest absolute Gasteiger partial charge is 0.351 e. The molecule has 0 unspecified atom stereocenters. The number of nitrogens with zero attached hydrogens (tertiary/aromatic N) is 4. The van der Waals surface area contributed by atoms with Gasteiger partial charge in [0.1, 0.15) is 17.2 Å². The van der Waals surface area contributed by atoms with Crippen LogP contribution in [0, 0.1) is 5.82 Å². The lowest BCUT2D eigenvalue weighted by atomic mass is 10.0. The van der Waals surface area contributed by atoms with E-state index in [0.29, 0.717) is 16.4 Å². The summed E-state index contributed by atoms with van der Waals surface area (Å²) >= 11 is 1.34. The summed E-state index contributed by atoms with van der Waals surface area (Å²) in [4.78, 5) is 20.7. The zero-order valence-corrected chi connectivity index (χ0v) is 15.7. The molecule has 2 heterocycles. The Morgan fingerprint density at radius 2 is 2.00 bits per heavy atom. The number of carbonyl (C=O) groups is 1. The Kier molecular flexibility index (Phi) is 5.22. The van der Waals surface area contributed by atoms with Gasteiger partial charge in [0.05, 0.1) is 23.0 Å². The van der Waals surface area contributed by atoms with Gasteiger partial charge in [0, 0.05) is 5.54 Å². The standard InChI is InChI=1S/C18H20FN5OS/c1-4-18(2,3)23-15(25)10-26-17-14-9-22-24(16(14)20-11-21-17)13-7-5-12(19)6-8-13/h5-9,11H,4,10H2,1-3H3,(H,23,25). The molecule has 6 nitrogen and oxygen atoms in total. The molecule has 0 aliphatic rings. The summed E-state index contributed by atoms with van der Waals surface area (Å²) < 4.78 is 14.8. The van der Waals surface area contributed by atoms with Crippen molar-refractivity contribution in [2.45, 2.75) is 37.8 Å². The first-order chi connectivity index (χ1) is 12.4. The van der Waals surface area contributed by atoms with E-state index in [-0.39, 0.29) is 23.0 Å². The number of rotatable bonds is 6. The van der Waals surface area contributed by atoms with Crippen molar-refractivity contribution in [3.63, 3.8) is 0 Å². The number of thioether (sulfide) groups is 1. The van der Waals surface area contributed by atoms with Gasteiger partial charge in [-0.15, -0.1) is 0 Å². The van der Waals surface area contributed by atoms with Gasteiger partial charge in [-0.25, -0.2) is 19.0 Å². The first kappa shape index (κ1) is 18.3. The van der Waals surface area contributed by atoms with Gasteiger partial charge in [0.25, 0.3) is 0 Å². The average molecular weight is 373 g/mol. The predicted octanol–water partition coefficient (Wildman–Crippen LogP) is 3.35. The molecular formula is C18H20FN5OS. The Labute approximate surface area is 155 Å². The van der Waals surface area contributed by atoms with Crippen LogP contribution in [0.2, 0.25) is 0 Å². The maximum atomic E-state index is 13.1. The maximum Gasteiger partial charge on any atom is 0.230 e. The van der Waals surface area contributed by atoms with Crippen LogP contribution in [0.25, 0.3) is 16.7 Å². The molecule has 0 spiro atoms. The van der Waals surface area contributed by atoms with Gasteiger partial charge in [-0.2, -0.15) is 5.10 Å². The van der Waals surface area contributed by atoms with Crippen molar-refractivity contribution in [3.05, 3.63) is 42.6 Å². The van der Waals surface area contributed by atoms with E-state index in [1.54, 1.807) is 23.0 Å². The summed E-state index contributed by atoms with van der Waals surface area (Å²) in [6.07, 6.45) is 3.96. The fourth-order valence-corrected chi connectivity index (χ4v) is 3.11. The number of benzene rings is 1. The topological polar surface area (TPSA) is 72.7 Å². The van der Waals surface area contributed by atoms with Crippen molar-refractivity contribution in [3.8, 4) is 5.69 Å². The molecule has 2 aromatic heterocycles. The van der Waals surface area contributed by atoms with Gasteiger partial charge in [-0.05, 0) is 44.5 Å². The first-order valence-electron chi connectivity index (χ1n) is 8.28. The second kappa shape index (κ2) is 7.41. The number of halogens is 1. The summed E-state index contributed by atoms with van der Waals surface area (Å²) in [5.74, 6) is -0.0892. The van der Waals surface area contributed by atoms with Gasteiger partial charge in [-0.3, -0.25) is 4.79 Å². The molecule has 1 aromatic carbocycles. The highest BCUT2D eigenvalue weighted by molar-refractivity contribution is 8.00. The molecule has 136 valence electrons. The summed E-state index contributed by atoms with van der Waals surface area (Å²) in [5.41, 5.74) is 1.09. The number of nitrogens with one attached hydrogen (secondary N) is 1. The molecular weight excluding hydrogens is 353 g/mol. The van der Waals surface area contributed by atoms with Gasteiger partial charge in [-0.1, -0.05) is 18.7 Å². The van der Waals surface area contributed by atoms with Crippen molar-refractivity contribution >= 4 is 28.7 Å². The molecule has 3 aromatic rings. The van der Waals surface area contributed by atoms with Gasteiger partial charge in [0.15, 0.2) is 5.65 Å². The zero-order chi connectivity index (χ0) is 18.7. The van der Waals surface area contributed by atoms with E-state index >= 15 is 0 Å². The van der Waals surface area contributed by atoms with E-state index in [1.165, 1.54) is 30.2 Å². The summed E-state index contributed by atoms with van der Waals surface area (Å²) in [6.45, 7) is 6.02. The van der Waals surface area contributed by atoms with Crippen molar-refractivity contribution < 1.29 is 9.18 Å². The summed E-state index contributed by atoms with van der Waals surface area (Å²) in [5, 5.41) is 8.78. The summed E-state index contributed by atoms with van der Waals surface area (Å²) in [6, 6.07) is 6.02. The van der Waals surface area contributed by atoms with Crippen LogP contribution in [-0.2, 0) is 4.79 Å². The maximum absolute atomic E-state index is 13.1. The fraction of sp³-hybridized carbons (Fsp3) is 0.333. The minimum Gasteiger partial charge on any atom is -0.351 e. The lowest BCUT2D eigenvalue weighted by molar-refractivity contribution is -0.120. The molecule has 0 aliphatic heterocycles. The molecule has 0 aliphatic carbocycles. The van der Waals surface area contributed by atoms with Crippen molar-refractivity contribution in [1.82, 2.24) is 25.1 Å². The van der Waals surface area contributed by atoms with Gasteiger partial charge >= 0.3 is 0 Å². The minimum atomic E-state index is -0.308. The molecule has 0 atom stereocenters. The Balaban J connectivity index is 1.80. The number of amides is 1. The third-order valence-electron chi connectivity index (χ3n) is 4.10. The normalized spacial score (nSPS) is 11.7. The van der Waals surface area contributed by atoms with Gasteiger partial charge < -0.3 is 5.32 Å². The van der Waals surface area contributed by atoms with Crippen LogP contribution in [0.4, 0.5) is 4.39 Å². The SMILES string of the molecule is CCC(C)(C)NC(=O)CSc1ncnc2c1cnn2-c1ccc(F)cc1. The molecule has 0 saturated carbocycles. The second-order valence-corrected chi connectivity index (χ2v) is 7.49. The molecule has 1 N–H and O–H groups in total. The van der Waals surface area contributed by atoms with E-state index in [9.17, 15) is 9.18 Å². The van der Waals surface area contributed by atoms with Crippen LogP contribution in [-0.4, -0.2) is 36.9 Å². The van der Waals surface area contributed by atoms with E-state index in [0.717, 1.165) is 11.8 Å². The second-order valence-electron chi connectivity index (χ2n) is 6.52.